The van der Waals surface area contributed by atoms with Crippen LogP contribution in [0.5, 0.6) is 5.75 Å². The number of amides is 1. The van der Waals surface area contributed by atoms with Crippen LogP contribution in [0.3, 0.4) is 0 Å². The summed E-state index contributed by atoms with van der Waals surface area (Å²) in [5, 5.41) is 9.67. The Labute approximate surface area is 220 Å². The molecule has 5 rings (SSSR count). The van der Waals surface area contributed by atoms with Crippen molar-refractivity contribution in [1.29, 1.82) is 0 Å². The number of benzene rings is 3. The van der Waals surface area contributed by atoms with Crippen LogP contribution < -0.4 is 9.64 Å². The van der Waals surface area contributed by atoms with Gasteiger partial charge in [-0.15, -0.1) is 10.2 Å². The lowest BCUT2D eigenvalue weighted by Crippen LogP contribution is -2.30. The monoisotopic (exact) mass is 516 g/mol. The van der Waals surface area contributed by atoms with Crippen molar-refractivity contribution in [3.63, 3.8) is 0 Å². The van der Waals surface area contributed by atoms with E-state index in [1.54, 1.807) is 18.9 Å². The number of ether oxygens (including phenoxy) is 1. The number of carbonyl (C=O) groups is 1. The molecular weight excluding hydrogens is 488 g/mol. The highest BCUT2D eigenvalue weighted by atomic mass is 32.2. The molecule has 0 saturated carbocycles. The summed E-state index contributed by atoms with van der Waals surface area (Å²) in [5.41, 5.74) is 3.14. The van der Waals surface area contributed by atoms with Crippen LogP contribution in [-0.2, 0) is 24.2 Å². The zero-order chi connectivity index (χ0) is 24.9. The van der Waals surface area contributed by atoms with Gasteiger partial charge in [0.15, 0.2) is 5.16 Å². The molecule has 2 heterocycles. The minimum absolute atomic E-state index is 0.0342. The van der Waals surface area contributed by atoms with Gasteiger partial charge in [-0.1, -0.05) is 59.9 Å². The number of methoxy groups -OCH3 is 1. The van der Waals surface area contributed by atoms with Crippen molar-refractivity contribution < 1.29 is 9.53 Å². The van der Waals surface area contributed by atoms with Gasteiger partial charge in [0.05, 0.1) is 24.2 Å². The van der Waals surface area contributed by atoms with Crippen LogP contribution in [-0.4, -0.2) is 33.5 Å². The standard InChI is InChI=1S/C28H28N4O2S2/c1-3-31-26(14-8-9-20-15-17-21(34-2)18-16-20)29-30-28(31)35-19-27(33)32-22-10-4-6-12-24(22)36-25-13-7-5-11-23(25)32/h4-7,10-13,15-18H,3,8-9,14,19H2,1-2H3. The summed E-state index contributed by atoms with van der Waals surface area (Å²) < 4.78 is 7.36. The quantitative estimate of drug-likeness (QED) is 0.240. The van der Waals surface area contributed by atoms with Crippen molar-refractivity contribution in [1.82, 2.24) is 14.8 Å². The van der Waals surface area contributed by atoms with Crippen molar-refractivity contribution in [3.8, 4) is 5.75 Å². The van der Waals surface area contributed by atoms with Gasteiger partial charge in [0.25, 0.3) is 0 Å². The fourth-order valence-electron chi connectivity index (χ4n) is 4.34. The summed E-state index contributed by atoms with van der Waals surface area (Å²) >= 11 is 3.16. The molecule has 4 aromatic rings. The Bertz CT molecular complexity index is 1310. The molecule has 3 aromatic carbocycles. The van der Waals surface area contributed by atoms with E-state index >= 15 is 0 Å². The van der Waals surface area contributed by atoms with Gasteiger partial charge in [-0.25, -0.2) is 0 Å². The third kappa shape index (κ3) is 5.15. The summed E-state index contributed by atoms with van der Waals surface area (Å²) in [7, 11) is 1.68. The number of anilines is 2. The Morgan fingerprint density at radius 2 is 1.58 bits per heavy atom. The Balaban J connectivity index is 1.25. The third-order valence-corrected chi connectivity index (χ3v) is 8.22. The van der Waals surface area contributed by atoms with Gasteiger partial charge in [0, 0.05) is 22.8 Å². The molecule has 1 aliphatic heterocycles. The van der Waals surface area contributed by atoms with Gasteiger partial charge in [0.1, 0.15) is 11.6 Å². The van der Waals surface area contributed by atoms with Gasteiger partial charge in [-0.2, -0.15) is 0 Å². The number of aromatic nitrogens is 3. The molecule has 0 atom stereocenters. The molecule has 0 N–H and O–H groups in total. The molecule has 0 unspecified atom stereocenters. The molecule has 1 aliphatic rings. The number of hydrogen-bond donors (Lipinski definition) is 0. The van der Waals surface area contributed by atoms with E-state index < -0.39 is 0 Å². The van der Waals surface area contributed by atoms with Crippen LogP contribution in [0.1, 0.15) is 24.7 Å². The first-order valence-corrected chi connectivity index (χ1v) is 13.8. The highest BCUT2D eigenvalue weighted by Crippen LogP contribution is 2.48. The first-order valence-electron chi connectivity index (χ1n) is 12.0. The van der Waals surface area contributed by atoms with E-state index in [4.69, 9.17) is 4.74 Å². The summed E-state index contributed by atoms with van der Waals surface area (Å²) in [4.78, 5) is 17.5. The smallest absolute Gasteiger partial charge is 0.242 e. The van der Waals surface area contributed by atoms with Gasteiger partial charge >= 0.3 is 0 Å². The second-order valence-corrected chi connectivity index (χ2v) is 10.4. The molecule has 0 saturated heterocycles. The fraction of sp³-hybridized carbons (Fsp3) is 0.250. The Morgan fingerprint density at radius 1 is 0.917 bits per heavy atom. The van der Waals surface area contributed by atoms with E-state index in [1.165, 1.54) is 17.3 Å². The van der Waals surface area contributed by atoms with Crippen molar-refractivity contribution in [2.45, 2.75) is 47.7 Å². The van der Waals surface area contributed by atoms with Gasteiger partial charge < -0.3 is 9.30 Å². The van der Waals surface area contributed by atoms with Crippen LogP contribution >= 0.6 is 23.5 Å². The number of fused-ring (bicyclic) bond motifs is 2. The molecule has 0 aliphatic carbocycles. The lowest BCUT2D eigenvalue weighted by molar-refractivity contribution is -0.115. The predicted molar refractivity (Wildman–Crippen MR) is 146 cm³/mol. The van der Waals surface area contributed by atoms with Gasteiger partial charge in [-0.05, 0) is 61.7 Å². The summed E-state index contributed by atoms with van der Waals surface area (Å²) in [6.45, 7) is 2.87. The van der Waals surface area contributed by atoms with E-state index in [0.717, 1.165) is 63.7 Å². The molecule has 1 aromatic heterocycles. The fourth-order valence-corrected chi connectivity index (χ4v) is 6.26. The molecule has 8 heteroatoms. The Morgan fingerprint density at radius 3 is 2.22 bits per heavy atom. The zero-order valence-electron chi connectivity index (χ0n) is 20.4. The Kier molecular flexibility index (Phi) is 7.63. The molecule has 184 valence electrons. The predicted octanol–water partition coefficient (Wildman–Crippen LogP) is 6.40. The SMILES string of the molecule is CCn1c(CCCc2ccc(OC)cc2)nnc1SCC(=O)N1c2ccccc2Sc2ccccc21. The topological polar surface area (TPSA) is 60.2 Å². The number of rotatable bonds is 9. The van der Waals surface area contributed by atoms with Gasteiger partial charge in [-0.3, -0.25) is 9.69 Å². The minimum Gasteiger partial charge on any atom is -0.497 e. The van der Waals surface area contributed by atoms with E-state index in [1.807, 2.05) is 53.4 Å². The molecular formula is C28H28N4O2S2. The number of nitrogens with zero attached hydrogens (tertiary/aromatic N) is 4. The normalized spacial score (nSPS) is 12.2. The average Bonchev–Trinajstić information content (AvgIpc) is 3.32. The van der Waals surface area contributed by atoms with Crippen LogP contribution in [0.25, 0.3) is 0 Å². The maximum Gasteiger partial charge on any atom is 0.242 e. The van der Waals surface area contributed by atoms with Crippen molar-refractivity contribution in [2.75, 3.05) is 17.8 Å². The molecule has 0 fully saturated rings. The zero-order valence-corrected chi connectivity index (χ0v) is 22.0. The first-order chi connectivity index (χ1) is 17.7. The van der Waals surface area contributed by atoms with Gasteiger partial charge in [0.2, 0.25) is 5.91 Å². The second-order valence-electron chi connectivity index (χ2n) is 8.40. The number of hydrogen-bond acceptors (Lipinski definition) is 6. The van der Waals surface area contributed by atoms with E-state index in [2.05, 4.69) is 46.0 Å². The minimum atomic E-state index is 0.0342. The third-order valence-electron chi connectivity index (χ3n) is 6.14. The number of carbonyl (C=O) groups excluding carboxylic acids is 1. The maximum absolute atomic E-state index is 13.5. The lowest BCUT2D eigenvalue weighted by Gasteiger charge is -2.30. The molecule has 0 spiro atoms. The molecule has 6 nitrogen and oxygen atoms in total. The second kappa shape index (κ2) is 11.2. The van der Waals surface area contributed by atoms with Crippen LogP contribution in [0.2, 0.25) is 0 Å². The Hall–Kier alpha value is -3.23. The average molecular weight is 517 g/mol. The van der Waals surface area contributed by atoms with Crippen LogP contribution in [0.15, 0.2) is 87.7 Å². The van der Waals surface area contributed by atoms with E-state index in [-0.39, 0.29) is 11.7 Å². The lowest BCUT2D eigenvalue weighted by atomic mass is 10.1. The van der Waals surface area contributed by atoms with E-state index in [0.29, 0.717) is 0 Å². The summed E-state index contributed by atoms with van der Waals surface area (Å²) in [6, 6.07) is 24.3. The maximum atomic E-state index is 13.5. The summed E-state index contributed by atoms with van der Waals surface area (Å²) in [6.07, 6.45) is 2.78. The summed E-state index contributed by atoms with van der Waals surface area (Å²) in [5.74, 6) is 2.16. The highest BCUT2D eigenvalue weighted by Gasteiger charge is 2.28. The first kappa shape index (κ1) is 24.5. The van der Waals surface area contributed by atoms with Crippen LogP contribution in [0, 0.1) is 0 Å². The van der Waals surface area contributed by atoms with Crippen molar-refractivity contribution >= 4 is 40.8 Å². The largest absolute Gasteiger partial charge is 0.497 e. The molecule has 0 bridgehead atoms. The number of aryl methyl sites for hydroxylation is 2. The van der Waals surface area contributed by atoms with Crippen molar-refractivity contribution in [3.05, 3.63) is 84.2 Å². The van der Waals surface area contributed by atoms with E-state index in [9.17, 15) is 4.79 Å². The number of para-hydroxylation sites is 2. The van der Waals surface area contributed by atoms with Crippen LogP contribution in [0.4, 0.5) is 11.4 Å². The molecule has 36 heavy (non-hydrogen) atoms. The van der Waals surface area contributed by atoms with Crippen molar-refractivity contribution in [2.24, 2.45) is 0 Å². The molecule has 1 amide bonds. The highest BCUT2D eigenvalue weighted by molar-refractivity contribution is 8.00. The molecule has 0 radical (unpaired) electrons. The number of thioether (sulfide) groups is 1.